The van der Waals surface area contributed by atoms with Gasteiger partial charge >= 0.3 is 11.9 Å². The van der Waals surface area contributed by atoms with Gasteiger partial charge in [-0.25, -0.2) is 4.79 Å². The summed E-state index contributed by atoms with van der Waals surface area (Å²) < 4.78 is 10.5. The van der Waals surface area contributed by atoms with Crippen molar-refractivity contribution < 1.29 is 33.6 Å². The average molecular weight is 526 g/mol. The molecule has 0 radical (unpaired) electrons. The van der Waals surface area contributed by atoms with Gasteiger partial charge in [0.2, 0.25) is 5.91 Å². The van der Waals surface area contributed by atoms with E-state index in [-0.39, 0.29) is 42.7 Å². The molecule has 1 saturated heterocycles. The predicted molar refractivity (Wildman–Crippen MR) is 132 cm³/mol. The Labute approximate surface area is 215 Å². The maximum atomic E-state index is 13.1. The Morgan fingerprint density at radius 1 is 1.05 bits per heavy atom. The van der Waals surface area contributed by atoms with E-state index in [4.69, 9.17) is 9.47 Å². The third-order valence-corrected chi connectivity index (χ3v) is 7.07. The van der Waals surface area contributed by atoms with Crippen molar-refractivity contribution in [2.45, 2.75) is 31.4 Å². The van der Waals surface area contributed by atoms with Gasteiger partial charge in [0.15, 0.2) is 0 Å². The molecule has 11 nitrogen and oxygen atoms in total. The number of fused-ring (bicyclic) bond motifs is 1. The molecule has 4 rings (SSSR count). The predicted octanol–water partition coefficient (Wildman–Crippen LogP) is 2.10. The summed E-state index contributed by atoms with van der Waals surface area (Å²) in [5.41, 5.74) is 1.61. The van der Waals surface area contributed by atoms with Crippen LogP contribution in [0.4, 0.5) is 5.69 Å². The van der Waals surface area contributed by atoms with Crippen LogP contribution in [0.15, 0.2) is 65.9 Å². The third-order valence-electron chi connectivity index (χ3n) is 5.73. The van der Waals surface area contributed by atoms with Crippen LogP contribution in [0.1, 0.15) is 18.1 Å². The molecular formula is C25H23N3O8S. The SMILES string of the molecule is CC(=O)OCC1=C(C(=O)OCc2ccc([N+](=O)[O-])cc2)N2C(=O)C(NC(=O)Cc3ccccc3)[C@H]2SC1. The summed E-state index contributed by atoms with van der Waals surface area (Å²) in [6.07, 6.45) is 0.111. The summed E-state index contributed by atoms with van der Waals surface area (Å²) in [7, 11) is 0. The highest BCUT2D eigenvalue weighted by Crippen LogP contribution is 2.41. The minimum atomic E-state index is -0.811. The number of rotatable bonds is 9. The van der Waals surface area contributed by atoms with Crippen molar-refractivity contribution in [1.82, 2.24) is 10.2 Å². The molecule has 2 amide bonds. The molecule has 2 aromatic rings. The summed E-state index contributed by atoms with van der Waals surface area (Å²) in [5.74, 6) is -1.84. The molecule has 0 spiro atoms. The molecule has 1 N–H and O–H groups in total. The lowest BCUT2D eigenvalue weighted by Gasteiger charge is -2.49. The highest BCUT2D eigenvalue weighted by atomic mass is 32.2. The Morgan fingerprint density at radius 2 is 1.76 bits per heavy atom. The highest BCUT2D eigenvalue weighted by Gasteiger charge is 2.54. The largest absolute Gasteiger partial charge is 0.461 e. The number of thioether (sulfide) groups is 1. The average Bonchev–Trinajstić information content (AvgIpc) is 2.89. The molecule has 37 heavy (non-hydrogen) atoms. The number of ether oxygens (including phenoxy) is 2. The first-order valence-electron chi connectivity index (χ1n) is 11.3. The maximum absolute atomic E-state index is 13.1. The van der Waals surface area contributed by atoms with Gasteiger partial charge in [-0.05, 0) is 23.3 Å². The lowest BCUT2D eigenvalue weighted by Crippen LogP contribution is -2.70. The van der Waals surface area contributed by atoms with Crippen LogP contribution in [-0.4, -0.2) is 57.4 Å². The van der Waals surface area contributed by atoms with Gasteiger partial charge in [0.25, 0.3) is 11.6 Å². The molecule has 12 heteroatoms. The molecule has 0 aromatic heterocycles. The number of hydrogen-bond donors (Lipinski definition) is 1. The van der Waals surface area contributed by atoms with Crippen LogP contribution in [0.3, 0.4) is 0 Å². The van der Waals surface area contributed by atoms with Crippen molar-refractivity contribution in [3.05, 3.63) is 87.1 Å². The quantitative estimate of drug-likeness (QED) is 0.225. The number of nitro benzene ring substituents is 1. The fraction of sp³-hybridized carbons (Fsp3) is 0.280. The molecular weight excluding hydrogens is 502 g/mol. The second-order valence-corrected chi connectivity index (χ2v) is 9.45. The highest BCUT2D eigenvalue weighted by molar-refractivity contribution is 8.00. The second kappa shape index (κ2) is 11.2. The normalized spacial score (nSPS) is 18.4. The van der Waals surface area contributed by atoms with Crippen LogP contribution in [0, 0.1) is 10.1 Å². The number of non-ortho nitro benzene ring substituents is 1. The van der Waals surface area contributed by atoms with Crippen LogP contribution < -0.4 is 5.32 Å². The van der Waals surface area contributed by atoms with E-state index in [0.29, 0.717) is 11.1 Å². The van der Waals surface area contributed by atoms with E-state index in [1.807, 2.05) is 30.3 Å². The number of nitro groups is 1. The summed E-state index contributed by atoms with van der Waals surface area (Å²) in [6.45, 7) is 0.864. The number of nitrogens with one attached hydrogen (secondary N) is 1. The summed E-state index contributed by atoms with van der Waals surface area (Å²) >= 11 is 1.34. The van der Waals surface area contributed by atoms with E-state index in [1.54, 1.807) is 0 Å². The monoisotopic (exact) mass is 525 g/mol. The van der Waals surface area contributed by atoms with Gasteiger partial charge in [-0.3, -0.25) is 29.4 Å². The Morgan fingerprint density at radius 3 is 2.41 bits per heavy atom. The topological polar surface area (TPSA) is 145 Å². The maximum Gasteiger partial charge on any atom is 0.355 e. The number of hydrogen-bond acceptors (Lipinski definition) is 9. The molecule has 0 aliphatic carbocycles. The first-order valence-corrected chi connectivity index (χ1v) is 12.3. The molecule has 2 aromatic carbocycles. The van der Waals surface area contributed by atoms with Crippen LogP contribution >= 0.6 is 11.8 Å². The summed E-state index contributed by atoms with van der Waals surface area (Å²) in [5, 5.41) is 13.1. The minimum Gasteiger partial charge on any atom is -0.461 e. The molecule has 192 valence electrons. The molecule has 2 heterocycles. The Bertz CT molecular complexity index is 1260. The van der Waals surface area contributed by atoms with Crippen LogP contribution in [-0.2, 0) is 41.7 Å². The number of carbonyl (C=O) groups is 4. The van der Waals surface area contributed by atoms with E-state index < -0.39 is 34.2 Å². The van der Waals surface area contributed by atoms with Gasteiger partial charge in [-0.1, -0.05) is 30.3 Å². The van der Waals surface area contributed by atoms with Gasteiger partial charge in [0.1, 0.15) is 30.3 Å². The smallest absolute Gasteiger partial charge is 0.355 e. The number of β-lactam (4-membered cyclic amide) rings is 1. The van der Waals surface area contributed by atoms with Gasteiger partial charge in [-0.2, -0.15) is 0 Å². The van der Waals surface area contributed by atoms with Crippen molar-refractivity contribution >= 4 is 41.2 Å². The standard InChI is InChI=1S/C25H23N3O8S/c1-15(29)35-13-18-14-37-24-21(26-20(30)11-16-5-3-2-4-6-16)23(31)27(24)22(18)25(32)36-12-17-7-9-19(10-8-17)28(33)34/h2-10,21,24H,11-14H2,1H3,(H,26,30)/t21?,24-/m1/s1. The Kier molecular flexibility index (Phi) is 7.87. The van der Waals surface area contributed by atoms with Crippen molar-refractivity contribution in [3.63, 3.8) is 0 Å². The van der Waals surface area contributed by atoms with Crippen LogP contribution in [0.5, 0.6) is 0 Å². The summed E-state index contributed by atoms with van der Waals surface area (Å²) in [4.78, 5) is 61.6. The van der Waals surface area contributed by atoms with E-state index in [0.717, 1.165) is 5.56 Å². The molecule has 0 saturated carbocycles. The minimum absolute atomic E-state index is 0.0227. The zero-order valence-corrected chi connectivity index (χ0v) is 20.6. The molecule has 2 atom stereocenters. The van der Waals surface area contributed by atoms with E-state index in [1.165, 1.54) is 47.9 Å². The van der Waals surface area contributed by atoms with Crippen LogP contribution in [0.25, 0.3) is 0 Å². The van der Waals surface area contributed by atoms with Gasteiger partial charge in [0, 0.05) is 30.4 Å². The Balaban J connectivity index is 1.46. The van der Waals surface area contributed by atoms with E-state index in [2.05, 4.69) is 5.32 Å². The zero-order chi connectivity index (χ0) is 26.5. The second-order valence-electron chi connectivity index (χ2n) is 8.35. The number of esters is 2. The van der Waals surface area contributed by atoms with Gasteiger partial charge in [-0.15, -0.1) is 11.8 Å². The van der Waals surface area contributed by atoms with Gasteiger partial charge in [0.05, 0.1) is 11.3 Å². The van der Waals surface area contributed by atoms with E-state index in [9.17, 15) is 29.3 Å². The van der Waals surface area contributed by atoms with Crippen molar-refractivity contribution in [2.24, 2.45) is 0 Å². The Hall–Kier alpha value is -4.19. The molecule has 2 aliphatic heterocycles. The van der Waals surface area contributed by atoms with Gasteiger partial charge < -0.3 is 14.8 Å². The zero-order valence-electron chi connectivity index (χ0n) is 19.7. The molecule has 1 unspecified atom stereocenters. The van der Waals surface area contributed by atoms with Crippen LogP contribution in [0.2, 0.25) is 0 Å². The number of nitrogens with zero attached hydrogens (tertiary/aromatic N) is 2. The summed E-state index contributed by atoms with van der Waals surface area (Å²) in [6, 6.07) is 13.8. The third kappa shape index (κ3) is 5.97. The molecule has 1 fully saturated rings. The fourth-order valence-electron chi connectivity index (χ4n) is 3.91. The number of amides is 2. The lowest BCUT2D eigenvalue weighted by molar-refractivity contribution is -0.384. The van der Waals surface area contributed by atoms with Crippen molar-refractivity contribution in [2.75, 3.05) is 12.4 Å². The molecule has 0 bridgehead atoms. The molecule has 2 aliphatic rings. The number of carbonyl (C=O) groups excluding carboxylic acids is 4. The van der Waals surface area contributed by atoms with Crippen molar-refractivity contribution in [3.8, 4) is 0 Å². The lowest BCUT2D eigenvalue weighted by atomic mass is 10.0. The fourth-order valence-corrected chi connectivity index (χ4v) is 5.24. The first kappa shape index (κ1) is 25.9. The first-order chi connectivity index (χ1) is 17.7. The van der Waals surface area contributed by atoms with Crippen molar-refractivity contribution in [1.29, 1.82) is 0 Å². The number of benzene rings is 2. The van der Waals surface area contributed by atoms with E-state index >= 15 is 0 Å².